The molecule has 1 aliphatic rings. The zero-order valence-corrected chi connectivity index (χ0v) is 31.7. The van der Waals surface area contributed by atoms with Crippen molar-refractivity contribution in [2.24, 2.45) is 0 Å². The van der Waals surface area contributed by atoms with Crippen LogP contribution in [0, 0.1) is 0 Å². The lowest BCUT2D eigenvalue weighted by molar-refractivity contribution is 0.592. The van der Waals surface area contributed by atoms with E-state index in [2.05, 4.69) is 168 Å². The Morgan fingerprint density at radius 2 is 1.00 bits per heavy atom. The van der Waals surface area contributed by atoms with Gasteiger partial charge in [0.05, 0.1) is 22.0 Å². The van der Waals surface area contributed by atoms with Crippen LogP contribution < -0.4 is 15.9 Å². The minimum absolute atomic E-state index is 0.812. The third-order valence-corrected chi connectivity index (χ3v) is 15.1. The molecule has 0 fully saturated rings. The predicted molar refractivity (Wildman–Crippen MR) is 240 cm³/mol. The summed E-state index contributed by atoms with van der Waals surface area (Å²) in [7, 11) is -3.50. The summed E-state index contributed by atoms with van der Waals surface area (Å²) in [5, 5.41) is 11.8. The van der Waals surface area contributed by atoms with Crippen molar-refractivity contribution in [3.05, 3.63) is 200 Å². The summed E-state index contributed by atoms with van der Waals surface area (Å²) in [4.78, 5) is 5.33. The van der Waals surface area contributed by atoms with Gasteiger partial charge in [-0.25, -0.2) is 4.98 Å². The van der Waals surface area contributed by atoms with Gasteiger partial charge in [-0.1, -0.05) is 176 Å². The molecular weight excluding hydrogens is 712 g/mol. The highest BCUT2D eigenvalue weighted by molar-refractivity contribution is 7.86. The number of rotatable bonds is 4. The molecule has 0 bridgehead atoms. The Kier molecular flexibility index (Phi) is 6.90. The highest BCUT2D eigenvalue weighted by atomic mass is 31.2. The van der Waals surface area contributed by atoms with Gasteiger partial charge in [-0.2, -0.15) is 0 Å². The summed E-state index contributed by atoms with van der Waals surface area (Å²) in [5.41, 5.74) is 8.11. The molecule has 2 heterocycles. The van der Waals surface area contributed by atoms with Crippen LogP contribution in [0.3, 0.4) is 0 Å². The van der Waals surface area contributed by atoms with Crippen molar-refractivity contribution in [1.82, 2.24) is 9.55 Å². The SMILES string of the molecule is O=P1(c2ccccc2)c2c(-c3c4ccccc4c(-c4cccc5ccccc45)c4ccccc34)cccc2-n2c(-c3ccc4ccccc4c3)nc3cccc1c32. The second-order valence-corrected chi connectivity index (χ2v) is 17.6. The molecule has 1 aliphatic heterocycles. The van der Waals surface area contributed by atoms with Gasteiger partial charge in [0.15, 0.2) is 7.14 Å². The van der Waals surface area contributed by atoms with Crippen molar-refractivity contribution in [2.75, 3.05) is 0 Å². The number of para-hydroxylation sites is 1. The fourth-order valence-electron chi connectivity index (χ4n) is 9.54. The van der Waals surface area contributed by atoms with Gasteiger partial charge in [-0.05, 0) is 89.6 Å². The van der Waals surface area contributed by atoms with Crippen LogP contribution >= 0.6 is 7.14 Å². The van der Waals surface area contributed by atoms with Crippen LogP contribution in [-0.4, -0.2) is 9.55 Å². The van der Waals surface area contributed by atoms with E-state index < -0.39 is 7.14 Å². The number of fused-ring (bicyclic) bond motifs is 6. The second-order valence-electron chi connectivity index (χ2n) is 15.0. The average Bonchev–Trinajstić information content (AvgIpc) is 3.67. The van der Waals surface area contributed by atoms with Crippen LogP contribution in [0.15, 0.2) is 200 Å². The van der Waals surface area contributed by atoms with E-state index in [1.165, 1.54) is 27.3 Å². The van der Waals surface area contributed by atoms with E-state index in [1.54, 1.807) is 0 Å². The van der Waals surface area contributed by atoms with Gasteiger partial charge >= 0.3 is 0 Å². The lowest BCUT2D eigenvalue weighted by Crippen LogP contribution is -2.34. The highest BCUT2D eigenvalue weighted by Crippen LogP contribution is 2.54. The number of hydrogen-bond donors (Lipinski definition) is 0. The topological polar surface area (TPSA) is 34.9 Å². The van der Waals surface area contributed by atoms with E-state index in [9.17, 15) is 0 Å². The molecule has 0 aliphatic carbocycles. The molecule has 0 spiro atoms. The van der Waals surface area contributed by atoms with E-state index in [4.69, 9.17) is 4.98 Å². The summed E-state index contributed by atoms with van der Waals surface area (Å²) in [6, 6.07) is 70.5. The molecule has 1 atom stereocenters. The standard InChI is InChI=1S/C53H33N2OP/c56-57(38-19-2-1-3-20-38)48-30-14-28-46-51(48)55(53(54-46)37-32-31-34-15-4-5-17-36(34)33-37)47-29-13-27-45(52(47)57)50-43-24-10-8-22-41(43)49(42-23-9-11-25-44(42)50)40-26-12-18-35-16-6-7-21-39(35)40/h1-33H. The zero-order valence-electron chi connectivity index (χ0n) is 30.8. The third kappa shape index (κ3) is 4.55. The fourth-order valence-corrected chi connectivity index (χ4v) is 12.7. The Morgan fingerprint density at radius 1 is 0.439 bits per heavy atom. The van der Waals surface area contributed by atoms with Crippen molar-refractivity contribution in [3.8, 4) is 39.3 Å². The van der Waals surface area contributed by atoms with Crippen molar-refractivity contribution in [1.29, 1.82) is 0 Å². The number of nitrogens with zero attached hydrogens (tertiary/aromatic N) is 2. The first kappa shape index (κ1) is 32.2. The molecule has 1 aromatic heterocycles. The molecule has 10 aromatic carbocycles. The van der Waals surface area contributed by atoms with Crippen molar-refractivity contribution in [3.63, 3.8) is 0 Å². The summed E-state index contributed by atoms with van der Waals surface area (Å²) >= 11 is 0. The van der Waals surface area contributed by atoms with Gasteiger partial charge in [0.1, 0.15) is 5.82 Å². The smallest absolute Gasteiger partial charge is 0.175 e. The molecule has 0 radical (unpaired) electrons. The summed E-state index contributed by atoms with van der Waals surface area (Å²) in [6.07, 6.45) is 0. The second kappa shape index (κ2) is 12.2. The third-order valence-electron chi connectivity index (χ3n) is 12.0. The summed E-state index contributed by atoms with van der Waals surface area (Å²) < 4.78 is 19.1. The lowest BCUT2D eigenvalue weighted by Gasteiger charge is -2.32. The molecule has 0 saturated heterocycles. The molecule has 0 amide bonds. The zero-order chi connectivity index (χ0) is 37.7. The Morgan fingerprint density at radius 3 is 1.74 bits per heavy atom. The molecule has 0 N–H and O–H groups in total. The van der Waals surface area contributed by atoms with Gasteiger partial charge in [-0.3, -0.25) is 4.57 Å². The maximum absolute atomic E-state index is 16.8. The highest BCUT2D eigenvalue weighted by Gasteiger charge is 2.42. The molecular formula is C53H33N2OP. The lowest BCUT2D eigenvalue weighted by atomic mass is 9.84. The van der Waals surface area contributed by atoms with E-state index in [-0.39, 0.29) is 0 Å². The van der Waals surface area contributed by atoms with E-state index >= 15 is 4.57 Å². The summed E-state index contributed by atoms with van der Waals surface area (Å²) in [5.74, 6) is 0.835. The van der Waals surface area contributed by atoms with Crippen molar-refractivity contribution < 1.29 is 4.57 Å². The Bertz CT molecular complexity index is 3450. The van der Waals surface area contributed by atoms with Crippen LogP contribution in [0.2, 0.25) is 0 Å². The molecule has 4 heteroatoms. The molecule has 12 rings (SSSR count). The molecule has 11 aromatic rings. The predicted octanol–water partition coefficient (Wildman–Crippen LogP) is 12.6. The number of imidazole rings is 1. The maximum Gasteiger partial charge on any atom is 0.175 e. The quantitative estimate of drug-likeness (QED) is 0.133. The van der Waals surface area contributed by atoms with Crippen molar-refractivity contribution in [2.45, 2.75) is 0 Å². The Labute approximate surface area is 329 Å². The van der Waals surface area contributed by atoms with E-state index in [0.29, 0.717) is 0 Å². The van der Waals surface area contributed by atoms with E-state index in [0.717, 1.165) is 82.1 Å². The summed E-state index contributed by atoms with van der Waals surface area (Å²) in [6.45, 7) is 0. The van der Waals surface area contributed by atoms with Gasteiger partial charge < -0.3 is 4.57 Å². The fraction of sp³-hybridized carbons (Fsp3) is 0. The minimum Gasteiger partial charge on any atom is -0.308 e. The number of aromatic nitrogens is 2. The average molecular weight is 745 g/mol. The van der Waals surface area contributed by atoms with Gasteiger partial charge in [0.25, 0.3) is 0 Å². The minimum atomic E-state index is -3.50. The molecule has 0 saturated carbocycles. The normalized spacial score (nSPS) is 14.8. The van der Waals surface area contributed by atoms with E-state index in [1.807, 2.05) is 36.4 Å². The van der Waals surface area contributed by atoms with Crippen LogP contribution in [0.5, 0.6) is 0 Å². The van der Waals surface area contributed by atoms with Crippen molar-refractivity contribution >= 4 is 77.2 Å². The van der Waals surface area contributed by atoms with Crippen LogP contribution in [0.1, 0.15) is 0 Å². The van der Waals surface area contributed by atoms with Crippen LogP contribution in [0.25, 0.3) is 93.5 Å². The first-order chi connectivity index (χ1) is 28.2. The van der Waals surface area contributed by atoms with Crippen LogP contribution in [-0.2, 0) is 4.57 Å². The largest absolute Gasteiger partial charge is 0.308 e. The Hall–Kier alpha value is -7.06. The van der Waals surface area contributed by atoms with Gasteiger partial charge in [0, 0.05) is 16.2 Å². The van der Waals surface area contributed by atoms with Gasteiger partial charge in [0.2, 0.25) is 0 Å². The first-order valence-corrected chi connectivity index (χ1v) is 21.1. The molecule has 3 nitrogen and oxygen atoms in total. The monoisotopic (exact) mass is 744 g/mol. The molecule has 1 unspecified atom stereocenters. The number of hydrogen-bond acceptors (Lipinski definition) is 2. The molecule has 57 heavy (non-hydrogen) atoms. The first-order valence-electron chi connectivity index (χ1n) is 19.4. The van der Waals surface area contributed by atoms with Gasteiger partial charge in [-0.15, -0.1) is 0 Å². The Balaban J connectivity index is 1.24. The number of benzene rings is 10. The van der Waals surface area contributed by atoms with Crippen LogP contribution in [0.4, 0.5) is 0 Å². The maximum atomic E-state index is 16.8. The molecule has 266 valence electrons.